The average Bonchev–Trinajstić information content (AvgIpc) is 2.63. The van der Waals surface area contributed by atoms with Crippen molar-refractivity contribution in [3.8, 4) is 0 Å². The second-order valence-corrected chi connectivity index (χ2v) is 5.40. The van der Waals surface area contributed by atoms with E-state index in [1.807, 2.05) is 38.1 Å². The van der Waals surface area contributed by atoms with Crippen molar-refractivity contribution in [3.05, 3.63) is 34.3 Å². The lowest BCUT2D eigenvalue weighted by Gasteiger charge is -2.24. The standard InChI is InChI=1S/C13H17BrO3/c1-13(2)16-8-11(17-13)12(15-3)9-6-4-5-7-10(9)14/h4-7,11-12H,8H2,1-3H3. The van der Waals surface area contributed by atoms with Crippen molar-refractivity contribution < 1.29 is 14.2 Å². The molecule has 0 amide bonds. The first kappa shape index (κ1) is 13.0. The predicted octanol–water partition coefficient (Wildman–Crippen LogP) is 3.29. The van der Waals surface area contributed by atoms with Crippen LogP contribution in [0.1, 0.15) is 25.5 Å². The fourth-order valence-electron chi connectivity index (χ4n) is 2.05. The lowest BCUT2D eigenvalue weighted by molar-refractivity contribution is -0.154. The molecular weight excluding hydrogens is 284 g/mol. The van der Waals surface area contributed by atoms with Crippen LogP contribution in [0, 0.1) is 0 Å². The molecule has 4 heteroatoms. The molecule has 1 saturated heterocycles. The molecule has 1 fully saturated rings. The van der Waals surface area contributed by atoms with Crippen LogP contribution in [0.2, 0.25) is 0 Å². The minimum atomic E-state index is -0.525. The van der Waals surface area contributed by atoms with Gasteiger partial charge in [-0.15, -0.1) is 0 Å². The zero-order chi connectivity index (χ0) is 12.5. The van der Waals surface area contributed by atoms with E-state index >= 15 is 0 Å². The lowest BCUT2D eigenvalue weighted by atomic mass is 10.0. The van der Waals surface area contributed by atoms with E-state index in [0.717, 1.165) is 10.0 Å². The van der Waals surface area contributed by atoms with E-state index in [1.54, 1.807) is 7.11 Å². The number of methoxy groups -OCH3 is 1. The molecule has 1 aromatic carbocycles. The molecule has 94 valence electrons. The monoisotopic (exact) mass is 300 g/mol. The maximum atomic E-state index is 5.84. The molecule has 3 nitrogen and oxygen atoms in total. The van der Waals surface area contributed by atoms with E-state index in [9.17, 15) is 0 Å². The van der Waals surface area contributed by atoms with Gasteiger partial charge in [0.1, 0.15) is 12.2 Å². The lowest BCUT2D eigenvalue weighted by Crippen LogP contribution is -2.26. The molecule has 0 saturated carbocycles. The van der Waals surface area contributed by atoms with Crippen LogP contribution in [0.5, 0.6) is 0 Å². The Hall–Kier alpha value is -0.420. The summed E-state index contributed by atoms with van der Waals surface area (Å²) in [7, 11) is 1.69. The summed E-state index contributed by atoms with van der Waals surface area (Å²) < 4.78 is 18.0. The zero-order valence-electron chi connectivity index (χ0n) is 10.3. The minimum absolute atomic E-state index is 0.0753. The Kier molecular flexibility index (Phi) is 3.88. The number of hydrogen-bond donors (Lipinski definition) is 0. The largest absolute Gasteiger partial charge is 0.374 e. The van der Waals surface area contributed by atoms with Crippen LogP contribution in [-0.2, 0) is 14.2 Å². The zero-order valence-corrected chi connectivity index (χ0v) is 11.9. The first-order valence-electron chi connectivity index (χ1n) is 5.62. The van der Waals surface area contributed by atoms with E-state index in [2.05, 4.69) is 15.9 Å². The van der Waals surface area contributed by atoms with Crippen molar-refractivity contribution in [2.75, 3.05) is 13.7 Å². The fourth-order valence-corrected chi connectivity index (χ4v) is 2.56. The van der Waals surface area contributed by atoms with Gasteiger partial charge in [0.05, 0.1) is 6.61 Å². The Labute approximate surface area is 110 Å². The number of rotatable bonds is 3. The van der Waals surface area contributed by atoms with Gasteiger partial charge in [-0.05, 0) is 25.5 Å². The van der Waals surface area contributed by atoms with E-state index in [-0.39, 0.29) is 12.2 Å². The summed E-state index contributed by atoms with van der Waals surface area (Å²) in [6, 6.07) is 8.01. The summed E-state index contributed by atoms with van der Waals surface area (Å²) in [5.74, 6) is -0.525. The van der Waals surface area contributed by atoms with Gasteiger partial charge < -0.3 is 14.2 Å². The van der Waals surface area contributed by atoms with Gasteiger partial charge in [-0.25, -0.2) is 0 Å². The summed E-state index contributed by atoms with van der Waals surface area (Å²) in [6.07, 6.45) is -0.193. The molecular formula is C13H17BrO3. The van der Waals surface area contributed by atoms with Gasteiger partial charge in [0, 0.05) is 11.6 Å². The van der Waals surface area contributed by atoms with Gasteiger partial charge in [0.15, 0.2) is 5.79 Å². The molecule has 0 N–H and O–H groups in total. The van der Waals surface area contributed by atoms with Crippen molar-refractivity contribution in [3.63, 3.8) is 0 Å². The van der Waals surface area contributed by atoms with Crippen LogP contribution >= 0.6 is 15.9 Å². The van der Waals surface area contributed by atoms with Crippen LogP contribution in [0.3, 0.4) is 0 Å². The number of halogens is 1. The Morgan fingerprint density at radius 3 is 2.65 bits per heavy atom. The molecule has 2 rings (SSSR count). The van der Waals surface area contributed by atoms with Crippen molar-refractivity contribution in [1.29, 1.82) is 0 Å². The third-order valence-corrected chi connectivity index (χ3v) is 3.56. The molecule has 1 heterocycles. The molecule has 1 aliphatic rings. The highest BCUT2D eigenvalue weighted by Crippen LogP contribution is 2.35. The SMILES string of the molecule is COC(c1ccccc1Br)C1COC(C)(C)O1. The Balaban J connectivity index is 2.21. The summed E-state index contributed by atoms with van der Waals surface area (Å²) in [5, 5.41) is 0. The summed E-state index contributed by atoms with van der Waals surface area (Å²) in [6.45, 7) is 4.38. The Bertz CT molecular complexity index is 392. The van der Waals surface area contributed by atoms with Gasteiger partial charge in [-0.1, -0.05) is 34.1 Å². The van der Waals surface area contributed by atoms with Crippen molar-refractivity contribution >= 4 is 15.9 Å². The van der Waals surface area contributed by atoms with Gasteiger partial charge in [0.25, 0.3) is 0 Å². The van der Waals surface area contributed by atoms with Crippen LogP contribution in [0.25, 0.3) is 0 Å². The first-order chi connectivity index (χ1) is 8.03. The maximum Gasteiger partial charge on any atom is 0.163 e. The number of hydrogen-bond acceptors (Lipinski definition) is 3. The molecule has 1 aliphatic heterocycles. The predicted molar refractivity (Wildman–Crippen MR) is 68.8 cm³/mol. The smallest absolute Gasteiger partial charge is 0.163 e. The van der Waals surface area contributed by atoms with Crippen LogP contribution in [0.15, 0.2) is 28.7 Å². The minimum Gasteiger partial charge on any atom is -0.374 e. The Morgan fingerprint density at radius 2 is 2.12 bits per heavy atom. The molecule has 2 unspecified atom stereocenters. The molecule has 2 atom stereocenters. The Morgan fingerprint density at radius 1 is 1.41 bits per heavy atom. The molecule has 17 heavy (non-hydrogen) atoms. The van der Waals surface area contributed by atoms with Gasteiger partial charge >= 0.3 is 0 Å². The van der Waals surface area contributed by atoms with Crippen molar-refractivity contribution in [1.82, 2.24) is 0 Å². The molecule has 0 radical (unpaired) electrons. The highest BCUT2D eigenvalue weighted by Gasteiger charge is 2.38. The second kappa shape index (κ2) is 5.06. The van der Waals surface area contributed by atoms with Gasteiger partial charge in [-0.3, -0.25) is 0 Å². The highest BCUT2D eigenvalue weighted by atomic mass is 79.9. The van der Waals surface area contributed by atoms with Gasteiger partial charge in [-0.2, -0.15) is 0 Å². The number of ether oxygens (including phenoxy) is 3. The summed E-state index contributed by atoms with van der Waals surface area (Å²) >= 11 is 3.54. The third-order valence-electron chi connectivity index (χ3n) is 2.83. The number of benzene rings is 1. The first-order valence-corrected chi connectivity index (χ1v) is 6.42. The van der Waals surface area contributed by atoms with E-state index in [1.165, 1.54) is 0 Å². The van der Waals surface area contributed by atoms with Crippen LogP contribution < -0.4 is 0 Å². The maximum absolute atomic E-state index is 5.84. The normalized spacial score (nSPS) is 24.8. The van der Waals surface area contributed by atoms with Crippen molar-refractivity contribution in [2.45, 2.75) is 31.8 Å². The van der Waals surface area contributed by atoms with Crippen LogP contribution in [0.4, 0.5) is 0 Å². The van der Waals surface area contributed by atoms with Crippen LogP contribution in [-0.4, -0.2) is 25.6 Å². The molecule has 1 aromatic rings. The fraction of sp³-hybridized carbons (Fsp3) is 0.538. The second-order valence-electron chi connectivity index (χ2n) is 4.54. The molecule has 0 spiro atoms. The molecule has 0 aliphatic carbocycles. The molecule has 0 aromatic heterocycles. The van der Waals surface area contributed by atoms with E-state index < -0.39 is 5.79 Å². The van der Waals surface area contributed by atoms with Gasteiger partial charge in [0.2, 0.25) is 0 Å². The van der Waals surface area contributed by atoms with E-state index in [4.69, 9.17) is 14.2 Å². The third kappa shape index (κ3) is 2.88. The topological polar surface area (TPSA) is 27.7 Å². The van der Waals surface area contributed by atoms with Crippen molar-refractivity contribution in [2.24, 2.45) is 0 Å². The molecule has 0 bridgehead atoms. The highest BCUT2D eigenvalue weighted by molar-refractivity contribution is 9.10. The van der Waals surface area contributed by atoms with E-state index in [0.29, 0.717) is 6.61 Å². The summed E-state index contributed by atoms with van der Waals surface area (Å²) in [5.41, 5.74) is 1.08. The average molecular weight is 301 g/mol. The summed E-state index contributed by atoms with van der Waals surface area (Å²) in [4.78, 5) is 0. The quantitative estimate of drug-likeness (QED) is 0.857.